The molecule has 0 radical (unpaired) electrons. The van der Waals surface area contributed by atoms with Crippen LogP contribution in [0.2, 0.25) is 0 Å². The van der Waals surface area contributed by atoms with Crippen LogP contribution < -0.4 is 11.1 Å². The Kier molecular flexibility index (Phi) is 4.15. The molecule has 1 aliphatic heterocycles. The third kappa shape index (κ3) is 2.79. The Morgan fingerprint density at radius 1 is 1.39 bits per heavy atom. The van der Waals surface area contributed by atoms with Gasteiger partial charge >= 0.3 is 0 Å². The average Bonchev–Trinajstić information content (AvgIpc) is 2.88. The first kappa shape index (κ1) is 12.8. The van der Waals surface area contributed by atoms with E-state index in [0.717, 1.165) is 19.3 Å². The molecular formula is C13H19N3O2. The largest absolute Gasteiger partial charge is 0.348 e. The molecule has 2 rings (SSSR count). The van der Waals surface area contributed by atoms with Gasteiger partial charge in [-0.3, -0.25) is 9.59 Å². The molecule has 3 N–H and O–H groups in total. The van der Waals surface area contributed by atoms with Crippen molar-refractivity contribution in [3.63, 3.8) is 0 Å². The number of carbonyl (C=O) groups is 2. The third-order valence-electron chi connectivity index (χ3n) is 3.36. The molecule has 0 saturated carbocycles. The van der Waals surface area contributed by atoms with Crippen molar-refractivity contribution in [3.8, 4) is 0 Å². The van der Waals surface area contributed by atoms with Crippen molar-refractivity contribution >= 4 is 11.8 Å². The number of hydrogen-bond acceptors (Lipinski definition) is 3. The maximum absolute atomic E-state index is 12.1. The molecule has 1 aliphatic carbocycles. The summed E-state index contributed by atoms with van der Waals surface area (Å²) in [6.45, 7) is 0.602. The van der Waals surface area contributed by atoms with E-state index in [1.54, 1.807) is 4.90 Å². The van der Waals surface area contributed by atoms with Crippen molar-refractivity contribution in [2.24, 2.45) is 5.73 Å². The first-order valence-corrected chi connectivity index (χ1v) is 6.35. The quantitative estimate of drug-likeness (QED) is 0.735. The molecule has 2 amide bonds. The summed E-state index contributed by atoms with van der Waals surface area (Å²) in [6, 6.07) is -0.307. The minimum absolute atomic E-state index is 0.0319. The van der Waals surface area contributed by atoms with Gasteiger partial charge in [0, 0.05) is 6.54 Å². The molecule has 0 aromatic rings. The number of rotatable bonds is 3. The number of allylic oxidation sites excluding steroid dienone is 2. The highest BCUT2D eigenvalue weighted by Crippen LogP contribution is 2.18. The van der Waals surface area contributed by atoms with Crippen LogP contribution in [0.1, 0.15) is 19.3 Å². The van der Waals surface area contributed by atoms with E-state index >= 15 is 0 Å². The fraction of sp³-hybridized carbons (Fsp3) is 0.538. The number of carbonyl (C=O) groups excluding carboxylic acids is 2. The number of nitrogens with two attached hydrogens (primary N) is 1. The number of nitrogens with zero attached hydrogens (tertiary/aromatic N) is 1. The summed E-state index contributed by atoms with van der Waals surface area (Å²) in [5.74, 6) is -0.217. The lowest BCUT2D eigenvalue weighted by atomic mass is 10.1. The van der Waals surface area contributed by atoms with Crippen molar-refractivity contribution < 1.29 is 9.59 Å². The third-order valence-corrected chi connectivity index (χ3v) is 3.36. The summed E-state index contributed by atoms with van der Waals surface area (Å²) < 4.78 is 0. The smallest absolute Gasteiger partial charge is 0.243 e. The van der Waals surface area contributed by atoms with Crippen LogP contribution in [0.3, 0.4) is 0 Å². The van der Waals surface area contributed by atoms with Crippen LogP contribution in [0.15, 0.2) is 24.3 Å². The SMILES string of the molecule is NCC(=O)N1CCCC1C(=O)NC1C=CC=CC1. The van der Waals surface area contributed by atoms with Crippen molar-refractivity contribution in [2.45, 2.75) is 31.3 Å². The number of likely N-dealkylation sites (tertiary alicyclic amines) is 1. The Morgan fingerprint density at radius 2 is 2.22 bits per heavy atom. The second-order valence-corrected chi connectivity index (χ2v) is 4.61. The van der Waals surface area contributed by atoms with E-state index in [-0.39, 0.29) is 30.4 Å². The van der Waals surface area contributed by atoms with Crippen LogP contribution in [0.25, 0.3) is 0 Å². The van der Waals surface area contributed by atoms with Crippen molar-refractivity contribution in [1.29, 1.82) is 0 Å². The minimum atomic E-state index is -0.347. The van der Waals surface area contributed by atoms with Gasteiger partial charge in [-0.15, -0.1) is 0 Å². The molecule has 18 heavy (non-hydrogen) atoms. The molecule has 5 heteroatoms. The molecule has 2 unspecified atom stereocenters. The molecule has 1 heterocycles. The highest BCUT2D eigenvalue weighted by Gasteiger charge is 2.33. The van der Waals surface area contributed by atoms with Gasteiger partial charge in [0.15, 0.2) is 0 Å². The lowest BCUT2D eigenvalue weighted by Gasteiger charge is -2.25. The molecule has 2 aliphatic rings. The van der Waals surface area contributed by atoms with Gasteiger partial charge in [-0.1, -0.05) is 24.3 Å². The second kappa shape index (κ2) is 5.82. The van der Waals surface area contributed by atoms with E-state index < -0.39 is 0 Å². The van der Waals surface area contributed by atoms with E-state index in [9.17, 15) is 9.59 Å². The lowest BCUT2D eigenvalue weighted by Crippen LogP contribution is -2.49. The zero-order chi connectivity index (χ0) is 13.0. The average molecular weight is 249 g/mol. The van der Waals surface area contributed by atoms with Gasteiger partial charge in [-0.2, -0.15) is 0 Å². The zero-order valence-electron chi connectivity index (χ0n) is 10.3. The molecule has 98 valence electrons. The van der Waals surface area contributed by atoms with Crippen molar-refractivity contribution in [3.05, 3.63) is 24.3 Å². The van der Waals surface area contributed by atoms with Gasteiger partial charge in [0.05, 0.1) is 12.6 Å². The van der Waals surface area contributed by atoms with Gasteiger partial charge in [0.2, 0.25) is 11.8 Å². The number of hydrogen-bond donors (Lipinski definition) is 2. The summed E-state index contributed by atoms with van der Waals surface area (Å²) in [4.78, 5) is 25.4. The number of nitrogens with one attached hydrogen (secondary N) is 1. The Labute approximate surface area is 107 Å². The fourth-order valence-electron chi connectivity index (χ4n) is 2.42. The molecule has 1 fully saturated rings. The van der Waals surface area contributed by atoms with E-state index in [1.165, 1.54) is 0 Å². The van der Waals surface area contributed by atoms with Crippen LogP contribution in [0, 0.1) is 0 Å². The van der Waals surface area contributed by atoms with Crippen LogP contribution in [-0.4, -0.2) is 41.9 Å². The Hall–Kier alpha value is -1.62. The van der Waals surface area contributed by atoms with Crippen LogP contribution in [-0.2, 0) is 9.59 Å². The molecule has 2 atom stereocenters. The van der Waals surface area contributed by atoms with E-state index in [0.29, 0.717) is 6.54 Å². The van der Waals surface area contributed by atoms with Gasteiger partial charge in [0.1, 0.15) is 6.04 Å². The predicted molar refractivity (Wildman–Crippen MR) is 68.6 cm³/mol. The van der Waals surface area contributed by atoms with Crippen LogP contribution in [0.4, 0.5) is 0 Å². The van der Waals surface area contributed by atoms with Crippen molar-refractivity contribution in [1.82, 2.24) is 10.2 Å². The molecule has 0 aromatic carbocycles. The molecule has 0 spiro atoms. The fourth-order valence-corrected chi connectivity index (χ4v) is 2.42. The Morgan fingerprint density at radius 3 is 2.89 bits per heavy atom. The summed E-state index contributed by atoms with van der Waals surface area (Å²) in [6.07, 6.45) is 10.3. The number of amides is 2. The molecule has 5 nitrogen and oxygen atoms in total. The Bertz CT molecular complexity index is 390. The Balaban J connectivity index is 1.93. The molecule has 1 saturated heterocycles. The van der Waals surface area contributed by atoms with E-state index in [4.69, 9.17) is 5.73 Å². The first-order valence-electron chi connectivity index (χ1n) is 6.35. The molecule has 0 aromatic heterocycles. The highest BCUT2D eigenvalue weighted by atomic mass is 16.2. The van der Waals surface area contributed by atoms with E-state index in [1.807, 2.05) is 24.3 Å². The highest BCUT2D eigenvalue weighted by molar-refractivity contribution is 5.89. The minimum Gasteiger partial charge on any atom is -0.348 e. The first-order chi connectivity index (χ1) is 8.72. The lowest BCUT2D eigenvalue weighted by molar-refractivity contribution is -0.137. The van der Waals surface area contributed by atoms with Gasteiger partial charge in [-0.05, 0) is 19.3 Å². The molecule has 0 bridgehead atoms. The van der Waals surface area contributed by atoms with Gasteiger partial charge in [-0.25, -0.2) is 0 Å². The summed E-state index contributed by atoms with van der Waals surface area (Å²) in [5, 5.41) is 2.96. The van der Waals surface area contributed by atoms with Gasteiger partial charge < -0.3 is 16.0 Å². The van der Waals surface area contributed by atoms with Crippen LogP contribution in [0.5, 0.6) is 0 Å². The van der Waals surface area contributed by atoms with E-state index in [2.05, 4.69) is 5.32 Å². The molecular weight excluding hydrogens is 230 g/mol. The monoisotopic (exact) mass is 249 g/mol. The normalized spacial score (nSPS) is 26.4. The second-order valence-electron chi connectivity index (χ2n) is 4.61. The summed E-state index contributed by atoms with van der Waals surface area (Å²) >= 11 is 0. The van der Waals surface area contributed by atoms with Gasteiger partial charge in [0.25, 0.3) is 0 Å². The summed E-state index contributed by atoms with van der Waals surface area (Å²) in [7, 11) is 0. The maximum atomic E-state index is 12.1. The predicted octanol–water partition coefficient (Wildman–Crippen LogP) is -0.0630. The topological polar surface area (TPSA) is 75.4 Å². The van der Waals surface area contributed by atoms with Crippen LogP contribution >= 0.6 is 0 Å². The maximum Gasteiger partial charge on any atom is 0.243 e. The van der Waals surface area contributed by atoms with Crippen molar-refractivity contribution in [2.75, 3.05) is 13.1 Å². The zero-order valence-corrected chi connectivity index (χ0v) is 10.3. The standard InChI is InChI=1S/C13H19N3O2/c14-9-12(17)16-8-4-7-11(16)13(18)15-10-5-2-1-3-6-10/h1-3,5,10-11H,4,6-9,14H2,(H,15,18). The summed E-state index contributed by atoms with van der Waals surface area (Å²) in [5.41, 5.74) is 5.36.